The molecule has 1 aliphatic heterocycles. The number of rotatable bonds is 4. The van der Waals surface area contributed by atoms with Crippen molar-refractivity contribution >= 4 is 5.91 Å². The van der Waals surface area contributed by atoms with Crippen molar-refractivity contribution in [2.75, 3.05) is 13.1 Å². The molecule has 1 saturated heterocycles. The monoisotopic (exact) mass is 367 g/mol. The third-order valence-electron chi connectivity index (χ3n) is 4.95. The summed E-state index contributed by atoms with van der Waals surface area (Å²) in [4.78, 5) is 28.6. The Morgan fingerprint density at radius 3 is 2.96 bits per heavy atom. The molecule has 1 aliphatic rings. The maximum atomic E-state index is 12.9. The molecule has 0 spiro atoms. The number of para-hydroxylation sites is 1. The molecule has 0 bridgehead atoms. The van der Waals surface area contributed by atoms with Crippen LogP contribution in [-0.4, -0.2) is 54.1 Å². The van der Waals surface area contributed by atoms with E-state index in [9.17, 15) is 9.59 Å². The highest BCUT2D eigenvalue weighted by atomic mass is 16.2. The molecule has 1 fully saturated rings. The van der Waals surface area contributed by atoms with Crippen molar-refractivity contribution < 1.29 is 4.79 Å². The second kappa shape index (κ2) is 7.18. The summed E-state index contributed by atoms with van der Waals surface area (Å²) in [5, 5.41) is 14.6. The first-order valence-corrected chi connectivity index (χ1v) is 9.10. The largest absolute Gasteiger partial charge is 0.340 e. The van der Waals surface area contributed by atoms with Crippen LogP contribution in [0, 0.1) is 0 Å². The summed E-state index contributed by atoms with van der Waals surface area (Å²) in [5.41, 5.74) is 2.06. The fourth-order valence-corrected chi connectivity index (χ4v) is 3.54. The maximum absolute atomic E-state index is 12.9. The van der Waals surface area contributed by atoms with Gasteiger partial charge in [0, 0.05) is 19.0 Å². The zero-order valence-electron chi connectivity index (χ0n) is 15.1. The molecular weight excluding hydrogens is 346 g/mol. The van der Waals surface area contributed by atoms with E-state index in [0.29, 0.717) is 24.6 Å². The highest BCUT2D eigenvalue weighted by molar-refractivity contribution is 5.92. The lowest BCUT2D eigenvalue weighted by atomic mass is 9.97. The van der Waals surface area contributed by atoms with Crippen molar-refractivity contribution in [2.24, 2.45) is 0 Å². The number of H-pyrrole nitrogens is 2. The van der Waals surface area contributed by atoms with Gasteiger partial charge in [-0.05, 0) is 30.9 Å². The Bertz CT molecular complexity index is 1000. The molecule has 3 aromatic rings. The predicted octanol–water partition coefficient (Wildman–Crippen LogP) is 1.26. The van der Waals surface area contributed by atoms with Crippen molar-refractivity contribution in [3.05, 3.63) is 58.0 Å². The number of carbonyl (C=O) groups excluding carboxylic acids is 1. The maximum Gasteiger partial charge on any atom is 0.340 e. The van der Waals surface area contributed by atoms with Crippen LogP contribution >= 0.6 is 0 Å². The smallest absolute Gasteiger partial charge is 0.336 e. The number of nitrogens with zero attached hydrogens (tertiary/aromatic N) is 5. The van der Waals surface area contributed by atoms with Gasteiger partial charge < -0.3 is 4.90 Å². The number of aryl methyl sites for hydroxylation is 1. The van der Waals surface area contributed by atoms with E-state index < -0.39 is 0 Å². The second-order valence-electron chi connectivity index (χ2n) is 6.68. The lowest BCUT2D eigenvalue weighted by Crippen LogP contribution is -2.39. The van der Waals surface area contributed by atoms with Gasteiger partial charge in [0.25, 0.3) is 5.91 Å². The van der Waals surface area contributed by atoms with Crippen LogP contribution < -0.4 is 5.69 Å². The van der Waals surface area contributed by atoms with E-state index in [1.54, 1.807) is 15.8 Å². The summed E-state index contributed by atoms with van der Waals surface area (Å²) in [5.74, 6) is 0.452. The first-order valence-electron chi connectivity index (χ1n) is 9.10. The molecule has 9 nitrogen and oxygen atoms in total. The normalized spacial score (nSPS) is 17.2. The number of nitrogens with one attached hydrogen (secondary N) is 2. The quantitative estimate of drug-likeness (QED) is 0.721. The van der Waals surface area contributed by atoms with Crippen LogP contribution in [0.5, 0.6) is 0 Å². The topological polar surface area (TPSA) is 113 Å². The van der Waals surface area contributed by atoms with Gasteiger partial charge in [-0.15, -0.1) is 5.10 Å². The van der Waals surface area contributed by atoms with Gasteiger partial charge in [0.05, 0.1) is 11.9 Å². The van der Waals surface area contributed by atoms with Crippen molar-refractivity contribution in [2.45, 2.75) is 32.1 Å². The van der Waals surface area contributed by atoms with Crippen molar-refractivity contribution in [3.8, 4) is 5.69 Å². The Balaban J connectivity index is 1.53. The van der Waals surface area contributed by atoms with E-state index >= 15 is 0 Å². The van der Waals surface area contributed by atoms with Gasteiger partial charge in [-0.2, -0.15) is 5.10 Å². The van der Waals surface area contributed by atoms with Crippen molar-refractivity contribution in [1.29, 1.82) is 0 Å². The number of hydrogen-bond acceptors (Lipinski definition) is 5. The Hall–Kier alpha value is -3.23. The summed E-state index contributed by atoms with van der Waals surface area (Å²) in [6.07, 6.45) is 4.27. The van der Waals surface area contributed by atoms with Crippen LogP contribution in [0.15, 0.2) is 35.3 Å². The van der Waals surface area contributed by atoms with Gasteiger partial charge in [-0.25, -0.2) is 14.6 Å². The van der Waals surface area contributed by atoms with E-state index in [1.807, 2.05) is 24.3 Å². The van der Waals surface area contributed by atoms with Crippen molar-refractivity contribution in [3.63, 3.8) is 0 Å². The highest BCUT2D eigenvalue weighted by Crippen LogP contribution is 2.24. The first-order chi connectivity index (χ1) is 13.2. The third kappa shape index (κ3) is 3.40. The summed E-state index contributed by atoms with van der Waals surface area (Å²) >= 11 is 0. The van der Waals surface area contributed by atoms with Gasteiger partial charge in [0.1, 0.15) is 5.82 Å². The molecule has 1 unspecified atom stereocenters. The molecular formula is C18H21N7O2. The molecule has 0 radical (unpaired) electrons. The number of piperidine rings is 1. The molecule has 1 aromatic carbocycles. The average Bonchev–Trinajstić information content (AvgIpc) is 3.37. The number of aromatic amines is 2. The number of amides is 1. The van der Waals surface area contributed by atoms with Gasteiger partial charge >= 0.3 is 5.69 Å². The number of hydrogen-bond donors (Lipinski definition) is 2. The number of benzene rings is 1. The summed E-state index contributed by atoms with van der Waals surface area (Å²) in [6, 6.07) is 7.93. The minimum Gasteiger partial charge on any atom is -0.336 e. The minimum absolute atomic E-state index is 0.0116. The summed E-state index contributed by atoms with van der Waals surface area (Å²) in [7, 11) is 0. The molecule has 1 amide bonds. The fraction of sp³-hybridized carbons (Fsp3) is 0.389. The van der Waals surface area contributed by atoms with Crippen LogP contribution in [-0.2, 0) is 6.42 Å². The molecule has 2 N–H and O–H groups in total. The molecule has 3 heterocycles. The molecule has 0 aliphatic carbocycles. The molecule has 2 aromatic heterocycles. The van der Waals surface area contributed by atoms with Crippen LogP contribution in [0.3, 0.4) is 0 Å². The van der Waals surface area contributed by atoms with Gasteiger partial charge in [-0.1, -0.05) is 30.3 Å². The lowest BCUT2D eigenvalue weighted by Gasteiger charge is -2.30. The van der Waals surface area contributed by atoms with Gasteiger partial charge in [0.15, 0.2) is 5.69 Å². The van der Waals surface area contributed by atoms with E-state index in [0.717, 1.165) is 30.5 Å². The van der Waals surface area contributed by atoms with E-state index in [2.05, 4.69) is 32.4 Å². The lowest BCUT2D eigenvalue weighted by molar-refractivity contribution is 0.0698. The van der Waals surface area contributed by atoms with Crippen LogP contribution in [0.2, 0.25) is 0 Å². The fourth-order valence-electron chi connectivity index (χ4n) is 3.54. The zero-order chi connectivity index (χ0) is 18.8. The average molecular weight is 367 g/mol. The van der Waals surface area contributed by atoms with Gasteiger partial charge in [0.2, 0.25) is 0 Å². The molecule has 0 saturated carbocycles. The molecule has 4 rings (SSSR count). The first kappa shape index (κ1) is 17.2. The summed E-state index contributed by atoms with van der Waals surface area (Å²) < 4.78 is 1.65. The molecule has 9 heteroatoms. The minimum atomic E-state index is -0.328. The van der Waals surface area contributed by atoms with Crippen LogP contribution in [0.25, 0.3) is 5.69 Å². The van der Waals surface area contributed by atoms with E-state index in [1.165, 1.54) is 0 Å². The Kier molecular flexibility index (Phi) is 4.57. The molecule has 140 valence electrons. The SMILES string of the molecule is CCc1ccccc1-n1cc(C(=O)N2CCCC(c3n[nH]c(=O)[nH]3)C2)nn1. The number of aromatic nitrogens is 6. The Labute approximate surface area is 155 Å². The standard InChI is InChI=1S/C18H21N7O2/c1-2-12-6-3-4-8-15(12)25-11-14(20-23-25)17(26)24-9-5-7-13(10-24)16-19-18(27)22-21-16/h3-4,6,8,11,13H,2,5,7,9-10H2,1H3,(H2,19,21,22,27). The third-order valence-corrected chi connectivity index (χ3v) is 4.95. The predicted molar refractivity (Wildman–Crippen MR) is 97.8 cm³/mol. The zero-order valence-corrected chi connectivity index (χ0v) is 15.1. The van der Waals surface area contributed by atoms with E-state index in [-0.39, 0.29) is 17.5 Å². The molecule has 1 atom stereocenters. The Morgan fingerprint density at radius 2 is 2.19 bits per heavy atom. The number of carbonyl (C=O) groups is 1. The van der Waals surface area contributed by atoms with Crippen LogP contribution in [0.1, 0.15) is 47.6 Å². The summed E-state index contributed by atoms with van der Waals surface area (Å²) in [6.45, 7) is 3.23. The van der Waals surface area contributed by atoms with Crippen LogP contribution in [0.4, 0.5) is 0 Å². The molecule has 27 heavy (non-hydrogen) atoms. The van der Waals surface area contributed by atoms with Gasteiger partial charge in [-0.3, -0.25) is 9.78 Å². The second-order valence-corrected chi connectivity index (χ2v) is 6.68. The van der Waals surface area contributed by atoms with E-state index in [4.69, 9.17) is 0 Å². The highest BCUT2D eigenvalue weighted by Gasteiger charge is 2.28. The number of likely N-dealkylation sites (tertiary alicyclic amines) is 1. The van der Waals surface area contributed by atoms with Crippen molar-refractivity contribution in [1.82, 2.24) is 35.1 Å². The Morgan fingerprint density at radius 1 is 1.33 bits per heavy atom.